The summed E-state index contributed by atoms with van der Waals surface area (Å²) in [5.74, 6) is 2.46. The first kappa shape index (κ1) is 20.7. The number of ether oxygens (including phenoxy) is 2. The van der Waals surface area contributed by atoms with E-state index < -0.39 is 0 Å². The number of thiol groups is 1. The van der Waals surface area contributed by atoms with Crippen LogP contribution >= 0.6 is 25.0 Å². The van der Waals surface area contributed by atoms with Gasteiger partial charge in [-0.1, -0.05) is 30.3 Å². The molecule has 0 fully saturated rings. The molecule has 0 saturated carbocycles. The number of unbranched alkanes of at least 4 members (excludes halogenated alkanes) is 1. The SMILES string of the molecule is Cl.N[C@H](CS)CCCCOc1ccc(OCc2ccccc2)cc1. The van der Waals surface area contributed by atoms with E-state index in [4.69, 9.17) is 15.2 Å². The van der Waals surface area contributed by atoms with Gasteiger partial charge >= 0.3 is 0 Å². The number of nitrogens with two attached hydrogens (primary N) is 1. The molecule has 0 aliphatic carbocycles. The molecule has 5 heteroatoms. The van der Waals surface area contributed by atoms with Gasteiger partial charge in [0.1, 0.15) is 18.1 Å². The minimum atomic E-state index is 0. The highest BCUT2D eigenvalue weighted by Crippen LogP contribution is 2.19. The second-order valence-electron chi connectivity index (χ2n) is 5.53. The van der Waals surface area contributed by atoms with Crippen LogP contribution in [0.2, 0.25) is 0 Å². The lowest BCUT2D eigenvalue weighted by atomic mass is 10.1. The largest absolute Gasteiger partial charge is 0.494 e. The van der Waals surface area contributed by atoms with E-state index in [0.717, 1.165) is 42.1 Å². The van der Waals surface area contributed by atoms with Crippen molar-refractivity contribution in [2.75, 3.05) is 12.4 Å². The first-order chi connectivity index (χ1) is 11.3. The van der Waals surface area contributed by atoms with E-state index in [1.807, 2.05) is 42.5 Å². The lowest BCUT2D eigenvalue weighted by Gasteiger charge is -2.10. The smallest absolute Gasteiger partial charge is 0.120 e. The molecule has 0 unspecified atom stereocenters. The van der Waals surface area contributed by atoms with Crippen molar-refractivity contribution in [1.29, 1.82) is 0 Å². The third-order valence-corrected chi connectivity index (χ3v) is 4.01. The molecular weight excluding hydrogens is 342 g/mol. The van der Waals surface area contributed by atoms with Gasteiger partial charge in [-0.15, -0.1) is 12.4 Å². The maximum absolute atomic E-state index is 5.82. The zero-order valence-corrected chi connectivity index (χ0v) is 15.5. The number of halogens is 1. The Hall–Kier alpha value is -1.36. The van der Waals surface area contributed by atoms with Gasteiger partial charge in [0.2, 0.25) is 0 Å². The van der Waals surface area contributed by atoms with Crippen molar-refractivity contribution in [3.05, 3.63) is 60.2 Å². The Morgan fingerprint density at radius 2 is 1.50 bits per heavy atom. The minimum Gasteiger partial charge on any atom is -0.494 e. The van der Waals surface area contributed by atoms with E-state index in [-0.39, 0.29) is 18.4 Å². The predicted octanol–water partition coefficient (Wildman–Crippen LogP) is 4.49. The molecule has 1 atom stereocenters. The van der Waals surface area contributed by atoms with E-state index in [9.17, 15) is 0 Å². The van der Waals surface area contributed by atoms with Crippen LogP contribution in [-0.2, 0) is 6.61 Å². The molecule has 0 aliphatic heterocycles. The van der Waals surface area contributed by atoms with Crippen molar-refractivity contribution in [1.82, 2.24) is 0 Å². The van der Waals surface area contributed by atoms with Crippen molar-refractivity contribution >= 4 is 25.0 Å². The molecule has 132 valence electrons. The van der Waals surface area contributed by atoms with Crippen LogP contribution < -0.4 is 15.2 Å². The minimum absolute atomic E-state index is 0. The highest BCUT2D eigenvalue weighted by Gasteiger charge is 2.00. The van der Waals surface area contributed by atoms with Crippen LogP contribution in [0.4, 0.5) is 0 Å². The third-order valence-electron chi connectivity index (χ3n) is 3.54. The molecular formula is C19H26ClNO2S. The van der Waals surface area contributed by atoms with Crippen molar-refractivity contribution < 1.29 is 9.47 Å². The Morgan fingerprint density at radius 3 is 2.12 bits per heavy atom. The second kappa shape index (κ2) is 12.1. The quantitative estimate of drug-likeness (QED) is 0.480. The number of hydrogen-bond donors (Lipinski definition) is 2. The van der Waals surface area contributed by atoms with E-state index in [1.165, 1.54) is 0 Å². The average molecular weight is 368 g/mol. The summed E-state index contributed by atoms with van der Waals surface area (Å²) >= 11 is 4.18. The molecule has 2 aromatic carbocycles. The summed E-state index contributed by atoms with van der Waals surface area (Å²) in [5.41, 5.74) is 6.98. The second-order valence-corrected chi connectivity index (χ2v) is 5.90. The first-order valence-corrected chi connectivity index (χ1v) is 8.67. The maximum Gasteiger partial charge on any atom is 0.120 e. The summed E-state index contributed by atoms with van der Waals surface area (Å²) in [4.78, 5) is 0. The van der Waals surface area contributed by atoms with Crippen LogP contribution in [0.25, 0.3) is 0 Å². The zero-order valence-electron chi connectivity index (χ0n) is 13.8. The van der Waals surface area contributed by atoms with Gasteiger partial charge in [-0.3, -0.25) is 0 Å². The number of rotatable bonds is 10. The predicted molar refractivity (Wildman–Crippen MR) is 106 cm³/mol. The van der Waals surface area contributed by atoms with E-state index in [0.29, 0.717) is 13.2 Å². The van der Waals surface area contributed by atoms with Gasteiger partial charge in [0.15, 0.2) is 0 Å². The third kappa shape index (κ3) is 7.95. The molecule has 0 radical (unpaired) electrons. The monoisotopic (exact) mass is 367 g/mol. The van der Waals surface area contributed by atoms with Gasteiger partial charge < -0.3 is 15.2 Å². The summed E-state index contributed by atoms with van der Waals surface area (Å²) in [6, 6.07) is 18.1. The highest BCUT2D eigenvalue weighted by molar-refractivity contribution is 7.80. The van der Waals surface area contributed by atoms with Crippen LogP contribution in [0.3, 0.4) is 0 Å². The highest BCUT2D eigenvalue weighted by atomic mass is 35.5. The molecule has 24 heavy (non-hydrogen) atoms. The summed E-state index contributed by atoms with van der Waals surface area (Å²) in [6.45, 7) is 1.29. The molecule has 0 spiro atoms. The lowest BCUT2D eigenvalue weighted by Crippen LogP contribution is -2.21. The number of hydrogen-bond acceptors (Lipinski definition) is 4. The van der Waals surface area contributed by atoms with E-state index >= 15 is 0 Å². The molecule has 0 saturated heterocycles. The van der Waals surface area contributed by atoms with E-state index in [1.54, 1.807) is 0 Å². The van der Waals surface area contributed by atoms with Crippen LogP contribution in [0.15, 0.2) is 54.6 Å². The number of benzene rings is 2. The molecule has 2 rings (SSSR count). The topological polar surface area (TPSA) is 44.5 Å². The molecule has 0 bridgehead atoms. The van der Waals surface area contributed by atoms with Crippen molar-refractivity contribution in [3.63, 3.8) is 0 Å². The van der Waals surface area contributed by atoms with Gasteiger partial charge in [-0.05, 0) is 49.1 Å². The first-order valence-electron chi connectivity index (χ1n) is 8.04. The van der Waals surface area contributed by atoms with Crippen LogP contribution in [0, 0.1) is 0 Å². The maximum atomic E-state index is 5.82. The van der Waals surface area contributed by atoms with Gasteiger partial charge in [0.05, 0.1) is 6.61 Å². The Bertz CT molecular complexity index is 551. The summed E-state index contributed by atoms with van der Waals surface area (Å²) in [5, 5.41) is 0. The Kier molecular flexibility index (Phi) is 10.4. The molecule has 2 N–H and O–H groups in total. The fraction of sp³-hybridized carbons (Fsp3) is 0.368. The molecule has 0 aliphatic rings. The lowest BCUT2D eigenvalue weighted by molar-refractivity contribution is 0.296. The summed E-state index contributed by atoms with van der Waals surface area (Å²) < 4.78 is 11.5. The zero-order chi connectivity index (χ0) is 16.3. The average Bonchev–Trinajstić information content (AvgIpc) is 2.61. The standard InChI is InChI=1S/C19H25NO2S.ClH/c20-17(15-23)8-4-5-13-21-18-9-11-19(12-10-18)22-14-16-6-2-1-3-7-16;/h1-3,6-7,9-12,17,23H,4-5,8,13-15,20H2;1H/t17-;/m0./s1. The van der Waals surface area contributed by atoms with Crippen molar-refractivity contribution in [3.8, 4) is 11.5 Å². The summed E-state index contributed by atoms with van der Waals surface area (Å²) in [6.07, 6.45) is 3.08. The molecule has 0 heterocycles. The Labute approximate surface area is 156 Å². The fourth-order valence-electron chi connectivity index (χ4n) is 2.16. The van der Waals surface area contributed by atoms with Gasteiger partial charge in [0, 0.05) is 11.8 Å². The Balaban J connectivity index is 0.00000288. The molecule has 2 aromatic rings. The molecule has 0 amide bonds. The van der Waals surface area contributed by atoms with Gasteiger partial charge in [-0.25, -0.2) is 0 Å². The van der Waals surface area contributed by atoms with Crippen LogP contribution in [0.1, 0.15) is 24.8 Å². The van der Waals surface area contributed by atoms with Crippen molar-refractivity contribution in [2.45, 2.75) is 31.9 Å². The van der Waals surface area contributed by atoms with Crippen LogP contribution in [-0.4, -0.2) is 18.4 Å². The fourth-order valence-corrected chi connectivity index (χ4v) is 2.35. The van der Waals surface area contributed by atoms with Crippen LogP contribution in [0.5, 0.6) is 11.5 Å². The normalized spacial score (nSPS) is 11.4. The van der Waals surface area contributed by atoms with Gasteiger partial charge in [-0.2, -0.15) is 12.6 Å². The van der Waals surface area contributed by atoms with E-state index in [2.05, 4.69) is 24.8 Å². The Morgan fingerprint density at radius 1 is 0.875 bits per heavy atom. The summed E-state index contributed by atoms with van der Waals surface area (Å²) in [7, 11) is 0. The molecule has 0 aromatic heterocycles. The molecule has 3 nitrogen and oxygen atoms in total. The van der Waals surface area contributed by atoms with Crippen molar-refractivity contribution in [2.24, 2.45) is 5.73 Å². The van der Waals surface area contributed by atoms with Gasteiger partial charge in [0.25, 0.3) is 0 Å².